The molecule has 0 N–H and O–H groups in total. The summed E-state index contributed by atoms with van der Waals surface area (Å²) in [5.41, 5.74) is 0.177. The highest BCUT2D eigenvalue weighted by Crippen LogP contribution is 2.39. The second-order valence-corrected chi connectivity index (χ2v) is 7.89. The Morgan fingerprint density at radius 1 is 1.30 bits per heavy atom. The third-order valence-electron chi connectivity index (χ3n) is 5.47. The molecule has 1 unspecified atom stereocenters. The molecule has 4 rings (SSSR count). The molecule has 1 aromatic heterocycles. The summed E-state index contributed by atoms with van der Waals surface area (Å²) in [4.78, 5) is 30.1. The first-order chi connectivity index (χ1) is 11.2. The van der Waals surface area contributed by atoms with Gasteiger partial charge in [0.25, 0.3) is 5.91 Å². The minimum absolute atomic E-state index is 0.00830. The maximum Gasteiger partial charge on any atom is 0.264 e. The minimum Gasteiger partial charge on any atom is -0.381 e. The van der Waals surface area contributed by atoms with Gasteiger partial charge in [-0.05, 0) is 37.1 Å². The van der Waals surface area contributed by atoms with Gasteiger partial charge in [-0.2, -0.15) is 0 Å². The van der Waals surface area contributed by atoms with Crippen molar-refractivity contribution in [1.29, 1.82) is 0 Å². The van der Waals surface area contributed by atoms with Crippen molar-refractivity contribution in [2.24, 2.45) is 5.41 Å². The van der Waals surface area contributed by atoms with Gasteiger partial charge in [0, 0.05) is 31.7 Å². The number of carbonyl (C=O) groups is 2. The van der Waals surface area contributed by atoms with Crippen molar-refractivity contribution >= 4 is 23.2 Å². The molecule has 2 amide bonds. The smallest absolute Gasteiger partial charge is 0.264 e. The van der Waals surface area contributed by atoms with E-state index < -0.39 is 0 Å². The van der Waals surface area contributed by atoms with Crippen LogP contribution in [0, 0.1) is 5.41 Å². The molecule has 2 atom stereocenters. The molecular weight excluding hydrogens is 312 g/mol. The Morgan fingerprint density at radius 2 is 2.22 bits per heavy atom. The Labute approximate surface area is 140 Å². The molecular formula is C17H22N2O3S. The highest BCUT2D eigenvalue weighted by molar-refractivity contribution is 7.12. The molecule has 6 heteroatoms. The summed E-state index contributed by atoms with van der Waals surface area (Å²) in [6.45, 7) is 3.88. The fraction of sp³-hybridized carbons (Fsp3) is 0.647. The maximum absolute atomic E-state index is 13.0. The summed E-state index contributed by atoms with van der Waals surface area (Å²) in [6.07, 6.45) is 3.79. The van der Waals surface area contributed by atoms with Crippen LogP contribution < -0.4 is 0 Å². The van der Waals surface area contributed by atoms with Crippen LogP contribution >= 0.6 is 11.3 Å². The van der Waals surface area contributed by atoms with Crippen LogP contribution in [0.5, 0.6) is 0 Å². The number of thiophene rings is 1. The zero-order chi connectivity index (χ0) is 15.9. The predicted octanol–water partition coefficient (Wildman–Crippen LogP) is 1.99. The van der Waals surface area contributed by atoms with E-state index in [1.54, 1.807) is 4.90 Å². The van der Waals surface area contributed by atoms with Crippen molar-refractivity contribution < 1.29 is 14.3 Å². The second-order valence-electron chi connectivity index (χ2n) is 6.95. The maximum atomic E-state index is 13.0. The van der Waals surface area contributed by atoms with E-state index in [9.17, 15) is 9.59 Å². The zero-order valence-corrected chi connectivity index (χ0v) is 14.0. The second kappa shape index (κ2) is 5.91. The van der Waals surface area contributed by atoms with Crippen molar-refractivity contribution in [3.63, 3.8) is 0 Å². The van der Waals surface area contributed by atoms with Crippen molar-refractivity contribution in [2.75, 3.05) is 32.8 Å². The van der Waals surface area contributed by atoms with Crippen molar-refractivity contribution in [3.8, 4) is 0 Å². The zero-order valence-electron chi connectivity index (χ0n) is 13.2. The molecule has 0 aromatic carbocycles. The quantitative estimate of drug-likeness (QED) is 0.831. The number of carbonyl (C=O) groups excluding carboxylic acids is 2. The lowest BCUT2D eigenvalue weighted by Gasteiger charge is -2.29. The fourth-order valence-electron chi connectivity index (χ4n) is 4.11. The van der Waals surface area contributed by atoms with Gasteiger partial charge in [0.15, 0.2) is 0 Å². The molecule has 1 aromatic rings. The van der Waals surface area contributed by atoms with Crippen LogP contribution in [-0.4, -0.2) is 60.5 Å². The van der Waals surface area contributed by atoms with Gasteiger partial charge in [-0.1, -0.05) is 6.07 Å². The Balaban J connectivity index is 1.46. The molecule has 1 spiro atoms. The first-order valence-corrected chi connectivity index (χ1v) is 9.28. The lowest BCUT2D eigenvalue weighted by Crippen LogP contribution is -2.47. The molecule has 3 aliphatic heterocycles. The average molecular weight is 334 g/mol. The van der Waals surface area contributed by atoms with Crippen LogP contribution in [-0.2, 0) is 9.53 Å². The standard InChI is InChI=1S/C17H22N2O3S/c20-15(18-8-5-17(11-18)6-9-22-12-17)13-3-1-7-19(13)16(21)14-4-2-10-23-14/h2,4,10,13H,1,3,5-9,11-12H2/t13-,17?/m0/s1. The number of ether oxygens (including phenoxy) is 1. The minimum atomic E-state index is -0.276. The molecule has 23 heavy (non-hydrogen) atoms. The molecule has 4 heterocycles. The average Bonchev–Trinajstić information content (AvgIpc) is 3.36. The summed E-state index contributed by atoms with van der Waals surface area (Å²) in [6, 6.07) is 3.45. The van der Waals surface area contributed by atoms with Crippen LogP contribution in [0.3, 0.4) is 0 Å². The SMILES string of the molecule is O=C([C@@H]1CCCN1C(=O)c1cccs1)N1CCC2(CCOC2)C1. The van der Waals surface area contributed by atoms with E-state index in [2.05, 4.69) is 0 Å². The van der Waals surface area contributed by atoms with Gasteiger partial charge in [0.2, 0.25) is 5.91 Å². The Bertz CT molecular complexity index is 595. The third-order valence-corrected chi connectivity index (χ3v) is 6.32. The Morgan fingerprint density at radius 3 is 2.96 bits per heavy atom. The number of amides is 2. The van der Waals surface area contributed by atoms with E-state index in [1.807, 2.05) is 22.4 Å². The summed E-state index contributed by atoms with van der Waals surface area (Å²) >= 11 is 1.45. The first-order valence-electron chi connectivity index (χ1n) is 8.40. The molecule has 3 aliphatic rings. The van der Waals surface area contributed by atoms with Gasteiger partial charge >= 0.3 is 0 Å². The van der Waals surface area contributed by atoms with Crippen molar-refractivity contribution in [2.45, 2.75) is 31.7 Å². The van der Waals surface area contributed by atoms with E-state index in [-0.39, 0.29) is 23.3 Å². The van der Waals surface area contributed by atoms with Crippen molar-refractivity contribution in [1.82, 2.24) is 9.80 Å². The lowest BCUT2D eigenvalue weighted by molar-refractivity contribution is -0.134. The van der Waals surface area contributed by atoms with Gasteiger partial charge in [0.1, 0.15) is 6.04 Å². The van der Waals surface area contributed by atoms with E-state index in [0.29, 0.717) is 6.54 Å². The molecule has 0 aliphatic carbocycles. The van der Waals surface area contributed by atoms with Gasteiger partial charge < -0.3 is 14.5 Å². The topological polar surface area (TPSA) is 49.9 Å². The summed E-state index contributed by atoms with van der Waals surface area (Å²) in [5, 5.41) is 1.91. The van der Waals surface area contributed by atoms with E-state index in [4.69, 9.17) is 4.74 Å². The van der Waals surface area contributed by atoms with Crippen LogP contribution in [0.15, 0.2) is 17.5 Å². The molecule has 3 fully saturated rings. The Kier molecular flexibility index (Phi) is 3.89. The van der Waals surface area contributed by atoms with Crippen LogP contribution in [0.25, 0.3) is 0 Å². The van der Waals surface area contributed by atoms with Crippen LogP contribution in [0.2, 0.25) is 0 Å². The lowest BCUT2D eigenvalue weighted by atomic mass is 9.87. The first kappa shape index (κ1) is 15.1. The molecule has 0 bridgehead atoms. The highest BCUT2D eigenvalue weighted by atomic mass is 32.1. The number of nitrogens with zero attached hydrogens (tertiary/aromatic N) is 2. The van der Waals surface area contributed by atoms with Gasteiger partial charge in [-0.25, -0.2) is 0 Å². The molecule has 5 nitrogen and oxygen atoms in total. The van der Waals surface area contributed by atoms with Gasteiger partial charge in [0.05, 0.1) is 11.5 Å². The van der Waals surface area contributed by atoms with Crippen LogP contribution in [0.1, 0.15) is 35.4 Å². The summed E-state index contributed by atoms with van der Waals surface area (Å²) < 4.78 is 5.54. The fourth-order valence-corrected chi connectivity index (χ4v) is 4.79. The van der Waals surface area contributed by atoms with E-state index in [1.165, 1.54) is 11.3 Å². The highest BCUT2D eigenvalue weighted by Gasteiger charge is 2.45. The largest absolute Gasteiger partial charge is 0.381 e. The predicted molar refractivity (Wildman–Crippen MR) is 87.4 cm³/mol. The monoisotopic (exact) mass is 334 g/mol. The normalized spacial score (nSPS) is 30.5. The van der Waals surface area contributed by atoms with Gasteiger partial charge in [-0.3, -0.25) is 9.59 Å². The van der Waals surface area contributed by atoms with E-state index >= 15 is 0 Å². The summed E-state index contributed by atoms with van der Waals surface area (Å²) in [7, 11) is 0. The van der Waals surface area contributed by atoms with Crippen LogP contribution in [0.4, 0.5) is 0 Å². The summed E-state index contributed by atoms with van der Waals surface area (Å²) in [5.74, 6) is 0.144. The van der Waals surface area contributed by atoms with Crippen molar-refractivity contribution in [3.05, 3.63) is 22.4 Å². The number of hydrogen-bond donors (Lipinski definition) is 0. The van der Waals surface area contributed by atoms with E-state index in [0.717, 1.165) is 56.9 Å². The van der Waals surface area contributed by atoms with Gasteiger partial charge in [-0.15, -0.1) is 11.3 Å². The third kappa shape index (κ3) is 2.68. The number of likely N-dealkylation sites (tertiary alicyclic amines) is 2. The number of hydrogen-bond acceptors (Lipinski definition) is 4. The number of rotatable bonds is 2. The molecule has 124 valence electrons. The molecule has 0 saturated carbocycles. The Hall–Kier alpha value is -1.40. The molecule has 0 radical (unpaired) electrons. The molecule has 3 saturated heterocycles.